The topological polar surface area (TPSA) is 107 Å². The van der Waals surface area contributed by atoms with E-state index in [0.717, 1.165) is 0 Å². The first-order chi connectivity index (χ1) is 11.1. The summed E-state index contributed by atoms with van der Waals surface area (Å²) in [5.74, 6) is -0.625. The van der Waals surface area contributed by atoms with Crippen LogP contribution in [-0.4, -0.2) is 26.1 Å². The second kappa shape index (κ2) is 6.23. The number of nitro benzene ring substituents is 1. The summed E-state index contributed by atoms with van der Waals surface area (Å²) in [4.78, 5) is 35.0. The van der Waals surface area contributed by atoms with E-state index >= 15 is 0 Å². The molecule has 0 saturated heterocycles. The molecule has 0 spiro atoms. The predicted molar refractivity (Wildman–Crippen MR) is 88.4 cm³/mol. The lowest BCUT2D eigenvalue weighted by molar-refractivity contribution is -0.384. The number of nitrogens with one attached hydrogen (secondary N) is 1. The molecule has 0 radical (unpaired) electrons. The van der Waals surface area contributed by atoms with Crippen molar-refractivity contribution in [2.45, 2.75) is 33.2 Å². The standard InChI is InChI=1S/C16H18N4O4/c1-10-9-13(21)14(15(22)17-16(2,3)4)18-19(10)11-7-5-6-8-12(11)20(23)24/h5-9H,1-4H3,(H,17,22). The monoisotopic (exact) mass is 330 g/mol. The molecule has 0 saturated carbocycles. The number of para-hydroxylation sites is 2. The molecule has 0 aliphatic rings. The Hall–Kier alpha value is -3.03. The summed E-state index contributed by atoms with van der Waals surface area (Å²) in [5, 5.41) is 17.9. The van der Waals surface area contributed by atoms with Crippen molar-refractivity contribution in [3.8, 4) is 5.69 Å². The molecule has 0 fully saturated rings. The maximum Gasteiger partial charge on any atom is 0.294 e. The quantitative estimate of drug-likeness (QED) is 0.684. The SMILES string of the molecule is Cc1cc(=O)c(C(=O)NC(C)(C)C)nn1-c1ccccc1[N+](=O)[O-]. The molecule has 8 heteroatoms. The van der Waals surface area contributed by atoms with Gasteiger partial charge in [-0.05, 0) is 33.8 Å². The van der Waals surface area contributed by atoms with Crippen molar-refractivity contribution in [3.05, 3.63) is 62.1 Å². The van der Waals surface area contributed by atoms with Crippen LogP contribution in [0.5, 0.6) is 0 Å². The molecule has 0 aliphatic heterocycles. The third kappa shape index (κ3) is 3.65. The molecule has 1 heterocycles. The second-order valence-electron chi connectivity index (χ2n) is 6.36. The number of hydrogen-bond donors (Lipinski definition) is 1. The maximum atomic E-state index is 12.3. The molecule has 1 amide bonds. The summed E-state index contributed by atoms with van der Waals surface area (Å²) in [6, 6.07) is 7.24. The smallest absolute Gasteiger partial charge is 0.294 e. The molecule has 1 aromatic heterocycles. The average Bonchev–Trinajstić information content (AvgIpc) is 2.45. The summed E-state index contributed by atoms with van der Waals surface area (Å²) in [5.41, 5.74) is -0.984. The van der Waals surface area contributed by atoms with E-state index in [-0.39, 0.29) is 17.1 Å². The first kappa shape index (κ1) is 17.3. The normalized spacial score (nSPS) is 11.2. The lowest BCUT2D eigenvalue weighted by Gasteiger charge is -2.20. The zero-order chi connectivity index (χ0) is 18.1. The highest BCUT2D eigenvalue weighted by atomic mass is 16.6. The zero-order valence-corrected chi connectivity index (χ0v) is 13.9. The molecule has 1 N–H and O–H groups in total. The van der Waals surface area contributed by atoms with Gasteiger partial charge in [-0.3, -0.25) is 19.7 Å². The van der Waals surface area contributed by atoms with Crippen LogP contribution in [0.3, 0.4) is 0 Å². The highest BCUT2D eigenvalue weighted by molar-refractivity contribution is 5.92. The van der Waals surface area contributed by atoms with Gasteiger partial charge in [0.15, 0.2) is 5.69 Å². The van der Waals surface area contributed by atoms with E-state index in [1.807, 2.05) is 0 Å². The molecule has 0 aliphatic carbocycles. The largest absolute Gasteiger partial charge is 0.346 e. The molecule has 1 aromatic carbocycles. The van der Waals surface area contributed by atoms with Gasteiger partial charge in [-0.25, -0.2) is 4.68 Å². The number of carbonyl (C=O) groups is 1. The molecule has 126 valence electrons. The van der Waals surface area contributed by atoms with Gasteiger partial charge in [0.1, 0.15) is 5.69 Å². The van der Waals surface area contributed by atoms with E-state index < -0.39 is 21.8 Å². The van der Waals surface area contributed by atoms with E-state index in [9.17, 15) is 19.7 Å². The molecule has 8 nitrogen and oxygen atoms in total. The van der Waals surface area contributed by atoms with Gasteiger partial charge in [-0.1, -0.05) is 12.1 Å². The van der Waals surface area contributed by atoms with Crippen LogP contribution in [0.4, 0.5) is 5.69 Å². The Morgan fingerprint density at radius 2 is 1.92 bits per heavy atom. The van der Waals surface area contributed by atoms with E-state index in [2.05, 4.69) is 10.4 Å². The Labute approximate surface area is 138 Å². The van der Waals surface area contributed by atoms with Crippen LogP contribution in [0.15, 0.2) is 35.1 Å². The highest BCUT2D eigenvalue weighted by Crippen LogP contribution is 2.22. The number of benzene rings is 1. The van der Waals surface area contributed by atoms with Crippen molar-refractivity contribution in [2.75, 3.05) is 0 Å². The van der Waals surface area contributed by atoms with Gasteiger partial charge in [0, 0.05) is 23.4 Å². The number of rotatable bonds is 3. The Morgan fingerprint density at radius 3 is 2.50 bits per heavy atom. The van der Waals surface area contributed by atoms with E-state index in [0.29, 0.717) is 5.69 Å². The summed E-state index contributed by atoms with van der Waals surface area (Å²) in [7, 11) is 0. The summed E-state index contributed by atoms with van der Waals surface area (Å²) < 4.78 is 1.23. The van der Waals surface area contributed by atoms with Crippen LogP contribution < -0.4 is 10.7 Å². The number of hydrogen-bond acceptors (Lipinski definition) is 5. The molecule has 2 rings (SSSR count). The van der Waals surface area contributed by atoms with Gasteiger partial charge in [0.25, 0.3) is 11.6 Å². The van der Waals surface area contributed by atoms with Crippen molar-refractivity contribution in [1.29, 1.82) is 0 Å². The Bertz CT molecular complexity index is 865. The van der Waals surface area contributed by atoms with Crippen LogP contribution in [0.25, 0.3) is 5.69 Å². The van der Waals surface area contributed by atoms with Crippen LogP contribution in [0.1, 0.15) is 37.0 Å². The highest BCUT2D eigenvalue weighted by Gasteiger charge is 2.22. The molecule has 0 atom stereocenters. The first-order valence-electron chi connectivity index (χ1n) is 7.27. The van der Waals surface area contributed by atoms with Crippen molar-refractivity contribution < 1.29 is 9.72 Å². The molecule has 2 aromatic rings. The molecule has 24 heavy (non-hydrogen) atoms. The number of nitro groups is 1. The van der Waals surface area contributed by atoms with E-state index in [4.69, 9.17) is 0 Å². The van der Waals surface area contributed by atoms with Gasteiger partial charge in [-0.15, -0.1) is 0 Å². The lowest BCUT2D eigenvalue weighted by atomic mass is 10.1. The fourth-order valence-electron chi connectivity index (χ4n) is 2.15. The predicted octanol–water partition coefficient (Wildman–Crippen LogP) is 1.98. The summed E-state index contributed by atoms with van der Waals surface area (Å²) in [6.07, 6.45) is 0. The molecule has 0 bridgehead atoms. The van der Waals surface area contributed by atoms with Gasteiger partial charge in [0.2, 0.25) is 5.43 Å². The minimum atomic E-state index is -0.625. The minimum absolute atomic E-state index is 0.168. The van der Waals surface area contributed by atoms with Crippen molar-refractivity contribution in [3.63, 3.8) is 0 Å². The third-order valence-corrected chi connectivity index (χ3v) is 3.12. The van der Waals surface area contributed by atoms with Gasteiger partial charge >= 0.3 is 0 Å². The molecular weight excluding hydrogens is 312 g/mol. The van der Waals surface area contributed by atoms with Crippen LogP contribution in [-0.2, 0) is 0 Å². The van der Waals surface area contributed by atoms with Crippen LogP contribution in [0, 0.1) is 17.0 Å². The number of aryl methyl sites for hydroxylation is 1. The summed E-state index contributed by atoms with van der Waals surface area (Å²) >= 11 is 0. The number of carbonyl (C=O) groups excluding carboxylic acids is 1. The Balaban J connectivity index is 2.62. The van der Waals surface area contributed by atoms with Crippen LogP contribution in [0.2, 0.25) is 0 Å². The van der Waals surface area contributed by atoms with Crippen molar-refractivity contribution >= 4 is 11.6 Å². The summed E-state index contributed by atoms with van der Waals surface area (Å²) in [6.45, 7) is 6.93. The van der Waals surface area contributed by atoms with Gasteiger partial charge in [-0.2, -0.15) is 5.10 Å². The lowest BCUT2D eigenvalue weighted by Crippen LogP contribution is -2.43. The maximum absolute atomic E-state index is 12.3. The van der Waals surface area contributed by atoms with E-state index in [1.165, 1.54) is 28.9 Å². The minimum Gasteiger partial charge on any atom is -0.346 e. The fraction of sp³-hybridized carbons (Fsp3) is 0.312. The van der Waals surface area contributed by atoms with Crippen molar-refractivity contribution in [1.82, 2.24) is 15.1 Å². The third-order valence-electron chi connectivity index (χ3n) is 3.12. The van der Waals surface area contributed by atoms with Gasteiger partial charge < -0.3 is 5.32 Å². The number of aromatic nitrogens is 2. The van der Waals surface area contributed by atoms with Gasteiger partial charge in [0.05, 0.1) is 4.92 Å². The Kier molecular flexibility index (Phi) is 4.50. The fourth-order valence-corrected chi connectivity index (χ4v) is 2.15. The molecule has 0 unspecified atom stereocenters. The number of amides is 1. The second-order valence-corrected chi connectivity index (χ2v) is 6.36. The number of nitrogens with zero attached hydrogens (tertiary/aromatic N) is 3. The first-order valence-corrected chi connectivity index (χ1v) is 7.27. The Morgan fingerprint density at radius 1 is 1.29 bits per heavy atom. The van der Waals surface area contributed by atoms with Crippen LogP contribution >= 0.6 is 0 Å². The zero-order valence-electron chi connectivity index (χ0n) is 13.9. The average molecular weight is 330 g/mol. The van der Waals surface area contributed by atoms with Crippen molar-refractivity contribution in [2.24, 2.45) is 0 Å². The van der Waals surface area contributed by atoms with E-state index in [1.54, 1.807) is 33.8 Å². The molecular formula is C16H18N4O4.